The Hall–Kier alpha value is -3.98. The van der Waals surface area contributed by atoms with Gasteiger partial charge in [-0.15, -0.1) is 0 Å². The fourth-order valence-corrected chi connectivity index (χ4v) is 5.65. The Labute approximate surface area is 203 Å². The third kappa shape index (κ3) is 4.19. The predicted octanol–water partition coefficient (Wildman–Crippen LogP) is 4.69. The minimum Gasteiger partial charge on any atom is -0.463 e. The van der Waals surface area contributed by atoms with E-state index in [0.717, 1.165) is 23.1 Å². The maximum absolute atomic E-state index is 13.3. The highest BCUT2D eigenvalue weighted by Crippen LogP contribution is 2.33. The van der Waals surface area contributed by atoms with Crippen LogP contribution in [0.2, 0.25) is 0 Å². The molecule has 2 aliphatic rings. The van der Waals surface area contributed by atoms with E-state index in [9.17, 15) is 8.42 Å². The second-order valence-electron chi connectivity index (χ2n) is 8.53. The molecule has 0 spiro atoms. The van der Waals surface area contributed by atoms with Crippen molar-refractivity contribution in [3.63, 3.8) is 0 Å². The molecule has 8 nitrogen and oxygen atoms in total. The van der Waals surface area contributed by atoms with Gasteiger partial charge in [0.05, 0.1) is 33.2 Å². The zero-order chi connectivity index (χ0) is 23.8. The molecule has 2 fully saturated rings. The van der Waals surface area contributed by atoms with Crippen molar-refractivity contribution >= 4 is 44.0 Å². The van der Waals surface area contributed by atoms with Crippen LogP contribution < -0.4 is 5.32 Å². The van der Waals surface area contributed by atoms with Crippen LogP contribution in [-0.2, 0) is 14.6 Å². The molecule has 0 amide bonds. The molecular weight excluding hydrogens is 462 g/mol. The Bertz CT molecular complexity index is 1540. The van der Waals surface area contributed by atoms with Crippen LogP contribution in [0.4, 0.5) is 17.2 Å². The van der Waals surface area contributed by atoms with Gasteiger partial charge in [-0.25, -0.2) is 18.4 Å². The first-order chi connectivity index (χ1) is 17.1. The van der Waals surface area contributed by atoms with Gasteiger partial charge in [0.2, 0.25) is 9.84 Å². The van der Waals surface area contributed by atoms with Crippen molar-refractivity contribution in [3.05, 3.63) is 79.1 Å². The molecule has 2 heterocycles. The van der Waals surface area contributed by atoms with E-state index in [-0.39, 0.29) is 9.79 Å². The Morgan fingerprint density at radius 3 is 2.60 bits per heavy atom. The highest BCUT2D eigenvalue weighted by Gasteiger charge is 2.35. The molecule has 0 radical (unpaired) electrons. The van der Waals surface area contributed by atoms with E-state index in [0.29, 0.717) is 30.2 Å². The Morgan fingerprint density at radius 1 is 0.971 bits per heavy atom. The molecule has 1 aliphatic carbocycles. The van der Waals surface area contributed by atoms with Gasteiger partial charge in [0, 0.05) is 11.4 Å². The van der Waals surface area contributed by atoms with Crippen molar-refractivity contribution in [2.45, 2.75) is 28.7 Å². The van der Waals surface area contributed by atoms with Gasteiger partial charge in [-0.05, 0) is 55.3 Å². The lowest BCUT2D eigenvalue weighted by Crippen LogP contribution is -2.27. The molecule has 1 N–H and O–H groups in total. The smallest absolute Gasteiger partial charge is 0.293 e. The number of sulfone groups is 1. The van der Waals surface area contributed by atoms with E-state index in [1.54, 1.807) is 54.6 Å². The summed E-state index contributed by atoms with van der Waals surface area (Å²) in [6, 6.07) is 22.1. The van der Waals surface area contributed by atoms with E-state index in [1.807, 2.05) is 18.2 Å². The summed E-state index contributed by atoms with van der Waals surface area (Å²) in [5, 5.41) is 3.96. The summed E-state index contributed by atoms with van der Waals surface area (Å²) in [7, 11) is -3.73. The lowest BCUT2D eigenvalue weighted by Gasteiger charge is -2.15. The Balaban J connectivity index is 1.38. The summed E-state index contributed by atoms with van der Waals surface area (Å²) in [6.07, 6.45) is 3.81. The highest BCUT2D eigenvalue weighted by atomic mass is 32.2. The first kappa shape index (κ1) is 21.5. The molecule has 6 rings (SSSR count). The number of anilines is 2. The molecule has 1 aliphatic heterocycles. The first-order valence-corrected chi connectivity index (χ1v) is 13.0. The van der Waals surface area contributed by atoms with E-state index < -0.39 is 9.84 Å². The first-order valence-electron chi connectivity index (χ1n) is 11.5. The standard InChI is InChI=1S/C26H23N5O3S/c32-35(33,20-6-2-1-3-7-20)24-9-5-4-8-23(24)30-25-21-16-18(10-13-22(21)27-17-28-25)29-26-31(14-15-34-26)19-11-12-19/h1-10,13,16-17,19H,11-12,14-15H2,(H,27,28,30). The number of nitrogens with one attached hydrogen (secondary N) is 1. The SMILES string of the molecule is O=S(=O)(c1ccccc1)c1ccccc1Nc1ncnc2ccc(N=C3OCCN3C3CC3)cc12. The van der Waals surface area contributed by atoms with E-state index in [1.165, 1.54) is 19.2 Å². The monoisotopic (exact) mass is 485 g/mol. The number of amidine groups is 1. The van der Waals surface area contributed by atoms with Gasteiger partial charge in [0.1, 0.15) is 18.8 Å². The highest BCUT2D eigenvalue weighted by molar-refractivity contribution is 7.91. The molecule has 1 aromatic heterocycles. The topological polar surface area (TPSA) is 96.8 Å². The summed E-state index contributed by atoms with van der Waals surface area (Å²) in [4.78, 5) is 16.1. The van der Waals surface area contributed by atoms with Crippen LogP contribution in [0.25, 0.3) is 10.9 Å². The number of ether oxygens (including phenoxy) is 1. The van der Waals surface area contributed by atoms with Crippen molar-refractivity contribution in [2.75, 3.05) is 18.5 Å². The van der Waals surface area contributed by atoms with Crippen molar-refractivity contribution in [3.8, 4) is 0 Å². The number of fused-ring (bicyclic) bond motifs is 1. The van der Waals surface area contributed by atoms with Gasteiger partial charge in [-0.2, -0.15) is 4.99 Å². The maximum Gasteiger partial charge on any atom is 0.293 e. The molecule has 176 valence electrons. The van der Waals surface area contributed by atoms with Crippen LogP contribution in [-0.4, -0.2) is 48.5 Å². The van der Waals surface area contributed by atoms with Crippen molar-refractivity contribution < 1.29 is 13.2 Å². The second-order valence-corrected chi connectivity index (χ2v) is 10.4. The van der Waals surface area contributed by atoms with Gasteiger partial charge in [0.15, 0.2) is 0 Å². The lowest BCUT2D eigenvalue weighted by atomic mass is 10.2. The fraction of sp³-hybridized carbons (Fsp3) is 0.192. The lowest BCUT2D eigenvalue weighted by molar-refractivity contribution is 0.351. The van der Waals surface area contributed by atoms with Gasteiger partial charge >= 0.3 is 0 Å². The van der Waals surface area contributed by atoms with Crippen molar-refractivity contribution in [1.29, 1.82) is 0 Å². The molecule has 1 saturated heterocycles. The van der Waals surface area contributed by atoms with E-state index in [4.69, 9.17) is 9.73 Å². The molecule has 4 aromatic rings. The summed E-state index contributed by atoms with van der Waals surface area (Å²) >= 11 is 0. The largest absolute Gasteiger partial charge is 0.463 e. The molecule has 35 heavy (non-hydrogen) atoms. The van der Waals surface area contributed by atoms with Crippen LogP contribution in [0.1, 0.15) is 12.8 Å². The molecule has 0 unspecified atom stereocenters. The average Bonchev–Trinajstić information content (AvgIpc) is 3.63. The van der Waals surface area contributed by atoms with Gasteiger partial charge in [0.25, 0.3) is 6.02 Å². The number of rotatable bonds is 6. The zero-order valence-corrected chi connectivity index (χ0v) is 19.6. The van der Waals surface area contributed by atoms with E-state index >= 15 is 0 Å². The summed E-state index contributed by atoms with van der Waals surface area (Å²) < 4.78 is 32.4. The summed E-state index contributed by atoms with van der Waals surface area (Å²) in [6.45, 7) is 1.51. The minimum atomic E-state index is -3.73. The molecule has 1 saturated carbocycles. The summed E-state index contributed by atoms with van der Waals surface area (Å²) in [5.41, 5.74) is 1.89. The van der Waals surface area contributed by atoms with Crippen LogP contribution in [0.15, 0.2) is 93.9 Å². The molecule has 9 heteroatoms. The van der Waals surface area contributed by atoms with Crippen LogP contribution in [0, 0.1) is 0 Å². The molecule has 0 bridgehead atoms. The van der Waals surface area contributed by atoms with Gasteiger partial charge in [-0.3, -0.25) is 0 Å². The number of aliphatic imine (C=N–C) groups is 1. The number of benzene rings is 3. The van der Waals surface area contributed by atoms with Gasteiger partial charge in [-0.1, -0.05) is 30.3 Å². The quantitative estimate of drug-likeness (QED) is 0.423. The number of hydrogen-bond acceptors (Lipinski definition) is 7. The molecule has 0 atom stereocenters. The third-order valence-corrected chi connectivity index (χ3v) is 7.95. The Morgan fingerprint density at radius 2 is 1.77 bits per heavy atom. The Kier molecular flexibility index (Phi) is 5.33. The van der Waals surface area contributed by atoms with Crippen molar-refractivity contribution in [1.82, 2.24) is 14.9 Å². The van der Waals surface area contributed by atoms with Crippen LogP contribution >= 0.6 is 0 Å². The number of para-hydroxylation sites is 1. The van der Waals surface area contributed by atoms with Crippen LogP contribution in [0.5, 0.6) is 0 Å². The summed E-state index contributed by atoms with van der Waals surface area (Å²) in [5.74, 6) is 0.499. The normalized spacial score (nSPS) is 17.0. The number of nitrogens with zero attached hydrogens (tertiary/aromatic N) is 4. The number of aromatic nitrogens is 2. The zero-order valence-electron chi connectivity index (χ0n) is 18.8. The maximum atomic E-state index is 13.3. The van der Waals surface area contributed by atoms with Crippen molar-refractivity contribution in [2.24, 2.45) is 4.99 Å². The average molecular weight is 486 g/mol. The van der Waals surface area contributed by atoms with Crippen LogP contribution in [0.3, 0.4) is 0 Å². The molecular formula is C26H23N5O3S. The van der Waals surface area contributed by atoms with E-state index in [2.05, 4.69) is 20.2 Å². The third-order valence-electron chi connectivity index (χ3n) is 6.12. The second kappa shape index (κ2) is 8.66. The number of hydrogen-bond donors (Lipinski definition) is 1. The fourth-order valence-electron chi connectivity index (χ4n) is 4.22. The van der Waals surface area contributed by atoms with Gasteiger partial charge < -0.3 is 15.0 Å². The molecule has 3 aromatic carbocycles. The predicted molar refractivity (Wildman–Crippen MR) is 134 cm³/mol. The minimum absolute atomic E-state index is 0.175.